The number of para-hydroxylation sites is 1. The maximum absolute atomic E-state index is 12.5. The van der Waals surface area contributed by atoms with Crippen LogP contribution in [-0.4, -0.2) is 37.8 Å². The van der Waals surface area contributed by atoms with E-state index in [1.54, 1.807) is 6.08 Å². The van der Waals surface area contributed by atoms with Gasteiger partial charge in [-0.1, -0.05) is 30.2 Å². The Kier molecular flexibility index (Phi) is 7.64. The van der Waals surface area contributed by atoms with E-state index in [1.807, 2.05) is 36.4 Å². The molecule has 0 aliphatic heterocycles. The second kappa shape index (κ2) is 10.2. The van der Waals surface area contributed by atoms with E-state index in [-0.39, 0.29) is 5.91 Å². The number of nitrogens with one attached hydrogen (secondary N) is 2. The first-order valence-corrected chi connectivity index (χ1v) is 8.45. The number of amides is 1. The van der Waals surface area contributed by atoms with Gasteiger partial charge in [-0.05, 0) is 31.2 Å². The number of carbonyl (C=O) groups excluding carboxylic acids is 1. The van der Waals surface area contributed by atoms with Crippen molar-refractivity contribution in [3.8, 4) is 12.3 Å². The predicted octanol–water partition coefficient (Wildman–Crippen LogP) is 1.68. The largest absolute Gasteiger partial charge is 0.352 e. The molecule has 1 amide bonds. The lowest BCUT2D eigenvalue weighted by Crippen LogP contribution is -2.32. The molecule has 0 saturated heterocycles. The van der Waals surface area contributed by atoms with Crippen LogP contribution in [0.15, 0.2) is 53.1 Å². The maximum atomic E-state index is 12.5. The molecule has 1 aliphatic carbocycles. The highest BCUT2D eigenvalue weighted by Crippen LogP contribution is 2.21. The zero-order valence-corrected chi connectivity index (χ0v) is 14.3. The Labute approximate surface area is 149 Å². The second-order valence-corrected chi connectivity index (χ2v) is 5.58. The fourth-order valence-corrected chi connectivity index (χ4v) is 2.44. The van der Waals surface area contributed by atoms with Crippen molar-refractivity contribution in [1.29, 1.82) is 0 Å². The first-order valence-electron chi connectivity index (χ1n) is 8.45. The molecule has 0 heterocycles. The molecule has 25 heavy (non-hydrogen) atoms. The molecule has 0 atom stereocenters. The first-order chi connectivity index (χ1) is 12.3. The average Bonchev–Trinajstić information content (AvgIpc) is 2.65. The summed E-state index contributed by atoms with van der Waals surface area (Å²) in [6.07, 6.45) is 12.6. The van der Waals surface area contributed by atoms with E-state index in [9.17, 15) is 4.79 Å². The summed E-state index contributed by atoms with van der Waals surface area (Å²) < 4.78 is 0. The predicted molar refractivity (Wildman–Crippen MR) is 103 cm³/mol. The quantitative estimate of drug-likeness (QED) is 0.499. The van der Waals surface area contributed by atoms with Crippen molar-refractivity contribution in [3.63, 3.8) is 0 Å². The minimum absolute atomic E-state index is 0.111. The van der Waals surface area contributed by atoms with Gasteiger partial charge in [-0.25, -0.2) is 0 Å². The van der Waals surface area contributed by atoms with Crippen molar-refractivity contribution >= 4 is 17.3 Å². The zero-order chi connectivity index (χ0) is 17.9. The summed E-state index contributed by atoms with van der Waals surface area (Å²) in [5, 5.41) is 6.14. The van der Waals surface area contributed by atoms with Crippen LogP contribution in [0, 0.1) is 12.3 Å². The molecule has 0 aromatic heterocycles. The molecule has 1 aromatic carbocycles. The lowest BCUT2D eigenvalue weighted by Gasteiger charge is -2.13. The summed E-state index contributed by atoms with van der Waals surface area (Å²) in [6, 6.07) is 7.47. The Hall–Kier alpha value is -2.68. The number of rotatable bonds is 8. The molecule has 0 saturated carbocycles. The van der Waals surface area contributed by atoms with Crippen molar-refractivity contribution in [3.05, 3.63) is 53.6 Å². The Morgan fingerprint density at radius 3 is 2.92 bits per heavy atom. The smallest absolute Gasteiger partial charge is 0.253 e. The monoisotopic (exact) mass is 336 g/mol. The van der Waals surface area contributed by atoms with Gasteiger partial charge in [0.2, 0.25) is 0 Å². The molecule has 2 rings (SSSR count). The lowest BCUT2D eigenvalue weighted by molar-refractivity contribution is -0.117. The topological polar surface area (TPSA) is 79.5 Å². The van der Waals surface area contributed by atoms with Gasteiger partial charge in [0.05, 0.1) is 17.0 Å². The Morgan fingerprint density at radius 1 is 1.28 bits per heavy atom. The highest BCUT2D eigenvalue weighted by molar-refractivity contribution is 6.23. The SMILES string of the molecule is C#Cc1ccccc1N=C1CC=CC=C1C(=O)NCCCNCCN. The number of nitrogens with two attached hydrogens (primary N) is 1. The standard InChI is InChI=1S/C20H24N4O/c1-2-16-8-3-5-10-18(16)24-19-11-6-4-9-17(19)20(25)23-14-7-13-22-15-12-21/h1,3-6,8-10,22H,7,11-15,21H2,(H,23,25). The molecule has 0 bridgehead atoms. The van der Waals surface area contributed by atoms with E-state index >= 15 is 0 Å². The van der Waals surface area contributed by atoms with Crippen molar-refractivity contribution in [2.45, 2.75) is 12.8 Å². The van der Waals surface area contributed by atoms with Crippen molar-refractivity contribution in [2.75, 3.05) is 26.2 Å². The number of hydrogen-bond donors (Lipinski definition) is 3. The summed E-state index contributed by atoms with van der Waals surface area (Å²) in [6.45, 7) is 2.83. The number of aliphatic imine (C=N–C) groups is 1. The number of nitrogens with zero attached hydrogens (tertiary/aromatic N) is 1. The fraction of sp³-hybridized carbons (Fsp3) is 0.300. The Bertz CT molecular complexity index is 725. The van der Waals surface area contributed by atoms with Gasteiger partial charge < -0.3 is 16.4 Å². The third kappa shape index (κ3) is 5.71. The molecule has 1 aromatic rings. The van der Waals surface area contributed by atoms with Crippen LogP contribution in [0.25, 0.3) is 0 Å². The summed E-state index contributed by atoms with van der Waals surface area (Å²) >= 11 is 0. The molecule has 0 unspecified atom stereocenters. The van der Waals surface area contributed by atoms with Crippen LogP contribution < -0.4 is 16.4 Å². The van der Waals surface area contributed by atoms with E-state index in [1.165, 1.54) is 0 Å². The van der Waals surface area contributed by atoms with Gasteiger partial charge in [0.25, 0.3) is 5.91 Å². The van der Waals surface area contributed by atoms with Gasteiger partial charge >= 0.3 is 0 Å². The highest BCUT2D eigenvalue weighted by Gasteiger charge is 2.17. The maximum Gasteiger partial charge on any atom is 0.253 e. The molecule has 0 radical (unpaired) electrons. The minimum atomic E-state index is -0.111. The summed E-state index contributed by atoms with van der Waals surface area (Å²) in [7, 11) is 0. The molecule has 130 valence electrons. The van der Waals surface area contributed by atoms with Crippen LogP contribution in [0.1, 0.15) is 18.4 Å². The second-order valence-electron chi connectivity index (χ2n) is 5.58. The summed E-state index contributed by atoms with van der Waals surface area (Å²) in [5.74, 6) is 2.52. The van der Waals surface area contributed by atoms with Gasteiger partial charge in [-0.2, -0.15) is 0 Å². The summed E-state index contributed by atoms with van der Waals surface area (Å²) in [5.41, 5.74) is 8.16. The highest BCUT2D eigenvalue weighted by atomic mass is 16.1. The van der Waals surface area contributed by atoms with E-state index in [4.69, 9.17) is 12.2 Å². The van der Waals surface area contributed by atoms with Crippen LogP contribution in [0.5, 0.6) is 0 Å². The molecule has 0 fully saturated rings. The zero-order valence-electron chi connectivity index (χ0n) is 14.3. The third-order valence-electron chi connectivity index (χ3n) is 3.72. The van der Waals surface area contributed by atoms with Crippen LogP contribution in [-0.2, 0) is 4.79 Å². The molecule has 4 N–H and O–H groups in total. The molecule has 1 aliphatic rings. The lowest BCUT2D eigenvalue weighted by atomic mass is 10.0. The van der Waals surface area contributed by atoms with Crippen LogP contribution in [0.4, 0.5) is 5.69 Å². The fourth-order valence-electron chi connectivity index (χ4n) is 2.44. The average molecular weight is 336 g/mol. The van der Waals surface area contributed by atoms with Crippen molar-refractivity contribution in [1.82, 2.24) is 10.6 Å². The minimum Gasteiger partial charge on any atom is -0.352 e. The normalized spacial score (nSPS) is 14.9. The molecule has 5 heteroatoms. The first kappa shape index (κ1) is 18.7. The van der Waals surface area contributed by atoms with E-state index in [0.29, 0.717) is 30.8 Å². The van der Waals surface area contributed by atoms with E-state index in [0.717, 1.165) is 30.8 Å². The van der Waals surface area contributed by atoms with Gasteiger partial charge in [-0.3, -0.25) is 9.79 Å². The van der Waals surface area contributed by atoms with Crippen LogP contribution in [0.3, 0.4) is 0 Å². The van der Waals surface area contributed by atoms with Crippen molar-refractivity contribution in [2.24, 2.45) is 10.7 Å². The number of carbonyl (C=O) groups is 1. The van der Waals surface area contributed by atoms with E-state index < -0.39 is 0 Å². The number of hydrogen-bond acceptors (Lipinski definition) is 4. The van der Waals surface area contributed by atoms with Crippen LogP contribution >= 0.6 is 0 Å². The molecule has 0 spiro atoms. The van der Waals surface area contributed by atoms with Crippen LogP contribution in [0.2, 0.25) is 0 Å². The summed E-state index contributed by atoms with van der Waals surface area (Å²) in [4.78, 5) is 17.1. The number of allylic oxidation sites excluding steroid dienone is 3. The number of terminal acetylenes is 1. The molecule has 5 nitrogen and oxygen atoms in total. The van der Waals surface area contributed by atoms with Gasteiger partial charge in [0.15, 0.2) is 0 Å². The Morgan fingerprint density at radius 2 is 2.12 bits per heavy atom. The number of benzene rings is 1. The van der Waals surface area contributed by atoms with Gasteiger partial charge in [0, 0.05) is 31.6 Å². The van der Waals surface area contributed by atoms with Gasteiger partial charge in [-0.15, -0.1) is 6.42 Å². The van der Waals surface area contributed by atoms with Gasteiger partial charge in [0.1, 0.15) is 0 Å². The third-order valence-corrected chi connectivity index (χ3v) is 3.72. The van der Waals surface area contributed by atoms with E-state index in [2.05, 4.69) is 21.5 Å². The molecular weight excluding hydrogens is 312 g/mol. The Balaban J connectivity index is 2.01. The molecular formula is C20H24N4O. The van der Waals surface area contributed by atoms with Crippen molar-refractivity contribution < 1.29 is 4.79 Å².